The van der Waals surface area contributed by atoms with Gasteiger partial charge in [-0.05, 0) is 33.1 Å². The third-order valence-electron chi connectivity index (χ3n) is 6.12. The summed E-state index contributed by atoms with van der Waals surface area (Å²) in [7, 11) is -2.95. The third kappa shape index (κ3) is 18.9. The van der Waals surface area contributed by atoms with Gasteiger partial charge in [-0.25, -0.2) is 0 Å². The van der Waals surface area contributed by atoms with E-state index in [0.29, 0.717) is 6.16 Å². The van der Waals surface area contributed by atoms with Crippen molar-refractivity contribution >= 4 is 7.60 Å². The van der Waals surface area contributed by atoms with E-state index in [1.807, 2.05) is 13.8 Å². The van der Waals surface area contributed by atoms with E-state index in [2.05, 4.69) is 20.8 Å². The standard InChI is InChI=1S/C26H55O3P/c1-6-9-10-11-12-13-14-15-16-17-18-19-20-21-22-23-24-30(27,28-25(4)7-2)29-26(5)8-3/h25-26H,6-24H2,1-5H3. The molecule has 0 radical (unpaired) electrons. The second kappa shape index (κ2) is 21.0. The van der Waals surface area contributed by atoms with E-state index in [-0.39, 0.29) is 12.2 Å². The van der Waals surface area contributed by atoms with Gasteiger partial charge in [0, 0.05) is 0 Å². The molecule has 0 amide bonds. The largest absolute Gasteiger partial charge is 0.331 e. The van der Waals surface area contributed by atoms with Gasteiger partial charge in [0.1, 0.15) is 0 Å². The van der Waals surface area contributed by atoms with Crippen LogP contribution >= 0.6 is 7.60 Å². The average Bonchev–Trinajstić information content (AvgIpc) is 2.73. The summed E-state index contributed by atoms with van der Waals surface area (Å²) in [6.45, 7) is 10.4. The second-order valence-electron chi connectivity index (χ2n) is 9.29. The van der Waals surface area contributed by atoms with Crippen molar-refractivity contribution in [2.45, 2.75) is 162 Å². The first kappa shape index (κ1) is 30.1. The van der Waals surface area contributed by atoms with Crippen molar-refractivity contribution in [1.82, 2.24) is 0 Å². The normalized spacial score (nSPS) is 15.8. The van der Waals surface area contributed by atoms with Crippen molar-refractivity contribution < 1.29 is 13.6 Å². The van der Waals surface area contributed by atoms with Crippen molar-refractivity contribution in [2.75, 3.05) is 6.16 Å². The van der Waals surface area contributed by atoms with Crippen LogP contribution in [0.15, 0.2) is 0 Å². The Morgan fingerprint density at radius 3 is 1.13 bits per heavy atom. The molecule has 30 heavy (non-hydrogen) atoms. The van der Waals surface area contributed by atoms with Crippen molar-refractivity contribution in [2.24, 2.45) is 0 Å². The van der Waals surface area contributed by atoms with Crippen molar-refractivity contribution in [1.29, 1.82) is 0 Å². The predicted octanol–water partition coefficient (Wildman–Crippen LogP) is 10.1. The first-order valence-corrected chi connectivity index (χ1v) is 15.2. The van der Waals surface area contributed by atoms with Crippen LogP contribution in [-0.2, 0) is 13.6 Å². The number of hydrogen-bond acceptors (Lipinski definition) is 3. The Morgan fingerprint density at radius 1 is 0.533 bits per heavy atom. The minimum Gasteiger partial charge on any atom is -0.306 e. The van der Waals surface area contributed by atoms with Gasteiger partial charge >= 0.3 is 7.60 Å². The molecule has 0 aromatic heterocycles. The predicted molar refractivity (Wildman–Crippen MR) is 134 cm³/mol. The van der Waals surface area contributed by atoms with E-state index in [1.165, 1.54) is 89.9 Å². The van der Waals surface area contributed by atoms with E-state index in [4.69, 9.17) is 9.05 Å². The quantitative estimate of drug-likeness (QED) is 0.116. The molecule has 0 bridgehead atoms. The molecular weight excluding hydrogens is 391 g/mol. The van der Waals surface area contributed by atoms with Crippen LogP contribution in [0.1, 0.15) is 150 Å². The molecule has 0 spiro atoms. The maximum atomic E-state index is 13.1. The van der Waals surface area contributed by atoms with Gasteiger partial charge in [0.2, 0.25) is 0 Å². The van der Waals surface area contributed by atoms with E-state index < -0.39 is 7.60 Å². The van der Waals surface area contributed by atoms with E-state index >= 15 is 0 Å². The lowest BCUT2D eigenvalue weighted by molar-refractivity contribution is 0.123. The molecule has 4 heteroatoms. The van der Waals surface area contributed by atoms with Crippen LogP contribution in [0.3, 0.4) is 0 Å². The molecule has 0 aliphatic heterocycles. The first-order chi connectivity index (χ1) is 14.5. The Bertz CT molecular complexity index is 384. The van der Waals surface area contributed by atoms with E-state index in [9.17, 15) is 4.57 Å². The lowest BCUT2D eigenvalue weighted by Crippen LogP contribution is -2.13. The molecule has 0 fully saturated rings. The van der Waals surface area contributed by atoms with Gasteiger partial charge in [0.25, 0.3) is 0 Å². The molecule has 0 rings (SSSR count). The Labute approximate surface area is 190 Å². The van der Waals surface area contributed by atoms with Crippen molar-refractivity contribution in [3.8, 4) is 0 Å². The lowest BCUT2D eigenvalue weighted by Gasteiger charge is -2.24. The highest BCUT2D eigenvalue weighted by Crippen LogP contribution is 2.51. The fourth-order valence-electron chi connectivity index (χ4n) is 3.68. The molecule has 0 aliphatic rings. The SMILES string of the molecule is CCCCCCCCCCCCCCCCCCP(=O)(OC(C)CC)OC(C)CC. The summed E-state index contributed by atoms with van der Waals surface area (Å²) in [6, 6.07) is 0. The smallest absolute Gasteiger partial charge is 0.306 e. The summed E-state index contributed by atoms with van der Waals surface area (Å²) < 4.78 is 24.7. The van der Waals surface area contributed by atoms with Crippen LogP contribution < -0.4 is 0 Å². The average molecular weight is 447 g/mol. The molecule has 0 heterocycles. The maximum Gasteiger partial charge on any atom is 0.331 e. The lowest BCUT2D eigenvalue weighted by atomic mass is 10.0. The molecule has 182 valence electrons. The summed E-state index contributed by atoms with van der Waals surface area (Å²) in [5.41, 5.74) is 0. The Hall–Kier alpha value is 0.150. The van der Waals surface area contributed by atoms with Gasteiger partial charge < -0.3 is 9.05 Å². The van der Waals surface area contributed by atoms with Crippen molar-refractivity contribution in [3.63, 3.8) is 0 Å². The number of hydrogen-bond donors (Lipinski definition) is 0. The second-order valence-corrected chi connectivity index (χ2v) is 11.4. The summed E-state index contributed by atoms with van der Waals surface area (Å²) >= 11 is 0. The van der Waals surface area contributed by atoms with Gasteiger partial charge in [-0.15, -0.1) is 0 Å². The highest BCUT2D eigenvalue weighted by Gasteiger charge is 2.28. The maximum absolute atomic E-state index is 13.1. The summed E-state index contributed by atoms with van der Waals surface area (Å²) in [5, 5.41) is 0. The third-order valence-corrected chi connectivity index (χ3v) is 8.34. The number of unbranched alkanes of at least 4 members (excludes halogenated alkanes) is 15. The Kier molecular flexibility index (Phi) is 21.1. The minimum atomic E-state index is -2.95. The van der Waals surface area contributed by atoms with Crippen LogP contribution in [0, 0.1) is 0 Å². The summed E-state index contributed by atoms with van der Waals surface area (Å²) in [4.78, 5) is 0. The zero-order valence-corrected chi connectivity index (χ0v) is 22.2. The Balaban J connectivity index is 3.62. The first-order valence-electron chi connectivity index (χ1n) is 13.4. The van der Waals surface area contributed by atoms with Crippen LogP contribution in [0.5, 0.6) is 0 Å². The van der Waals surface area contributed by atoms with Crippen molar-refractivity contribution in [3.05, 3.63) is 0 Å². The molecule has 0 N–H and O–H groups in total. The summed E-state index contributed by atoms with van der Waals surface area (Å²) in [6.07, 6.45) is 23.9. The fourth-order valence-corrected chi connectivity index (χ4v) is 5.95. The van der Waals surface area contributed by atoms with Crippen LogP contribution in [0.4, 0.5) is 0 Å². The van der Waals surface area contributed by atoms with Gasteiger partial charge in [0.15, 0.2) is 0 Å². The van der Waals surface area contributed by atoms with E-state index in [1.54, 1.807) is 0 Å². The molecular formula is C26H55O3P. The Morgan fingerprint density at radius 2 is 0.833 bits per heavy atom. The fraction of sp³-hybridized carbons (Fsp3) is 1.00. The highest BCUT2D eigenvalue weighted by molar-refractivity contribution is 7.53. The molecule has 0 aromatic carbocycles. The number of rotatable bonds is 23. The van der Waals surface area contributed by atoms with Crippen LogP contribution in [-0.4, -0.2) is 18.4 Å². The highest BCUT2D eigenvalue weighted by atomic mass is 31.2. The van der Waals surface area contributed by atoms with Crippen LogP contribution in [0.2, 0.25) is 0 Å². The van der Waals surface area contributed by atoms with Crippen LogP contribution in [0.25, 0.3) is 0 Å². The molecule has 2 unspecified atom stereocenters. The molecule has 0 aliphatic carbocycles. The van der Waals surface area contributed by atoms with Gasteiger partial charge in [-0.2, -0.15) is 0 Å². The molecule has 0 aromatic rings. The van der Waals surface area contributed by atoms with Gasteiger partial charge in [-0.1, -0.05) is 117 Å². The van der Waals surface area contributed by atoms with Gasteiger partial charge in [0.05, 0.1) is 18.4 Å². The molecule has 2 atom stereocenters. The molecule has 0 saturated heterocycles. The monoisotopic (exact) mass is 446 g/mol. The van der Waals surface area contributed by atoms with Gasteiger partial charge in [-0.3, -0.25) is 4.57 Å². The molecule has 3 nitrogen and oxygen atoms in total. The van der Waals surface area contributed by atoms with E-state index in [0.717, 1.165) is 25.7 Å². The minimum absolute atomic E-state index is 0.000877. The summed E-state index contributed by atoms with van der Waals surface area (Å²) in [5.74, 6) is 0. The zero-order chi connectivity index (χ0) is 22.5. The molecule has 0 saturated carbocycles. The topological polar surface area (TPSA) is 35.5 Å². The zero-order valence-electron chi connectivity index (χ0n) is 21.3.